The van der Waals surface area contributed by atoms with Crippen molar-refractivity contribution in [2.75, 3.05) is 32.7 Å². The molecule has 3 rings (SSSR count). The fourth-order valence-electron chi connectivity index (χ4n) is 3.15. The van der Waals surface area contributed by atoms with Gasteiger partial charge in [0.2, 0.25) is 0 Å². The second-order valence-corrected chi connectivity index (χ2v) is 5.53. The zero-order chi connectivity index (χ0) is 13.9. The Morgan fingerprint density at radius 3 is 2.55 bits per heavy atom. The lowest BCUT2D eigenvalue weighted by Crippen LogP contribution is -2.47. The summed E-state index contributed by atoms with van der Waals surface area (Å²) in [6.45, 7) is 10.3. The second kappa shape index (κ2) is 5.94. The summed E-state index contributed by atoms with van der Waals surface area (Å²) in [5.41, 5.74) is 2.22. The van der Waals surface area contributed by atoms with Crippen LogP contribution in [0.5, 0.6) is 0 Å². The number of aromatic nitrogens is 2. The van der Waals surface area contributed by atoms with Gasteiger partial charge in [0.1, 0.15) is 5.82 Å². The van der Waals surface area contributed by atoms with Crippen molar-refractivity contribution in [3.05, 3.63) is 30.1 Å². The number of hydrogen-bond acceptors (Lipinski definition) is 3. The van der Waals surface area contributed by atoms with E-state index in [9.17, 15) is 0 Å². The molecule has 1 saturated heterocycles. The summed E-state index contributed by atoms with van der Waals surface area (Å²) in [4.78, 5) is 13.4. The summed E-state index contributed by atoms with van der Waals surface area (Å²) in [5, 5.41) is 0. The maximum absolute atomic E-state index is 4.79. The van der Waals surface area contributed by atoms with E-state index in [-0.39, 0.29) is 0 Å². The van der Waals surface area contributed by atoms with Crippen LogP contribution >= 0.6 is 0 Å². The van der Waals surface area contributed by atoms with Crippen LogP contribution in [0.3, 0.4) is 0 Å². The third kappa shape index (κ3) is 2.58. The Balaban J connectivity index is 1.79. The lowest BCUT2D eigenvalue weighted by atomic mass is 10.1. The van der Waals surface area contributed by atoms with Crippen molar-refractivity contribution in [3.63, 3.8) is 0 Å². The predicted octanol–water partition coefficient (Wildman–Crippen LogP) is 2.65. The molecule has 0 amide bonds. The molecular weight excluding hydrogens is 248 g/mol. The van der Waals surface area contributed by atoms with Crippen molar-refractivity contribution in [2.45, 2.75) is 26.3 Å². The first-order chi connectivity index (χ1) is 9.81. The molecule has 1 unspecified atom stereocenters. The number of imidazole rings is 1. The number of likely N-dealkylation sites (N-methyl/N-ethyl adjacent to an activating group) is 1. The van der Waals surface area contributed by atoms with Gasteiger partial charge in [-0.3, -0.25) is 4.90 Å². The largest absolute Gasteiger partial charge is 0.341 e. The highest BCUT2D eigenvalue weighted by Gasteiger charge is 2.25. The number of benzene rings is 1. The molecule has 1 aromatic heterocycles. The molecule has 1 aromatic carbocycles. The molecule has 2 aromatic rings. The summed E-state index contributed by atoms with van der Waals surface area (Å²) < 4.78 is 0. The van der Waals surface area contributed by atoms with E-state index in [1.807, 2.05) is 6.07 Å². The van der Waals surface area contributed by atoms with Crippen LogP contribution in [0.1, 0.15) is 32.1 Å². The van der Waals surface area contributed by atoms with Crippen LogP contribution in [0.4, 0.5) is 0 Å². The predicted molar refractivity (Wildman–Crippen MR) is 82.8 cm³/mol. The van der Waals surface area contributed by atoms with E-state index in [0.717, 1.165) is 42.9 Å². The molecule has 2 heterocycles. The highest BCUT2D eigenvalue weighted by atomic mass is 15.3. The van der Waals surface area contributed by atoms with E-state index >= 15 is 0 Å². The fourth-order valence-corrected chi connectivity index (χ4v) is 3.15. The number of para-hydroxylation sites is 2. The molecule has 0 spiro atoms. The lowest BCUT2D eigenvalue weighted by Gasteiger charge is -2.37. The second-order valence-electron chi connectivity index (χ2n) is 5.53. The van der Waals surface area contributed by atoms with Gasteiger partial charge in [-0.15, -0.1) is 0 Å². The van der Waals surface area contributed by atoms with Crippen LogP contribution in [0.15, 0.2) is 24.3 Å². The van der Waals surface area contributed by atoms with Gasteiger partial charge >= 0.3 is 0 Å². The Morgan fingerprint density at radius 1 is 1.15 bits per heavy atom. The average Bonchev–Trinajstić information content (AvgIpc) is 2.92. The van der Waals surface area contributed by atoms with Crippen molar-refractivity contribution in [3.8, 4) is 0 Å². The van der Waals surface area contributed by atoms with Gasteiger partial charge in [-0.25, -0.2) is 4.98 Å². The third-order valence-electron chi connectivity index (χ3n) is 4.40. The number of nitrogens with zero attached hydrogens (tertiary/aromatic N) is 3. The van der Waals surface area contributed by atoms with Crippen molar-refractivity contribution >= 4 is 11.0 Å². The summed E-state index contributed by atoms with van der Waals surface area (Å²) in [6.07, 6.45) is 1.10. The summed E-state index contributed by atoms with van der Waals surface area (Å²) in [7, 11) is 0. The van der Waals surface area contributed by atoms with Gasteiger partial charge in [-0.1, -0.05) is 26.0 Å². The number of fused-ring (bicyclic) bond motifs is 1. The molecule has 1 aliphatic heterocycles. The topological polar surface area (TPSA) is 35.2 Å². The van der Waals surface area contributed by atoms with Crippen LogP contribution in [0.2, 0.25) is 0 Å². The third-order valence-corrected chi connectivity index (χ3v) is 4.40. The number of hydrogen-bond donors (Lipinski definition) is 1. The molecule has 4 heteroatoms. The lowest BCUT2D eigenvalue weighted by molar-refractivity contribution is 0.0940. The highest BCUT2D eigenvalue weighted by Crippen LogP contribution is 2.25. The van der Waals surface area contributed by atoms with E-state index in [0.29, 0.717) is 6.04 Å². The molecule has 0 aliphatic carbocycles. The van der Waals surface area contributed by atoms with Gasteiger partial charge in [-0.2, -0.15) is 0 Å². The smallest absolute Gasteiger partial charge is 0.124 e. The molecule has 108 valence electrons. The zero-order valence-electron chi connectivity index (χ0n) is 12.5. The van der Waals surface area contributed by atoms with E-state index in [1.165, 1.54) is 13.1 Å². The first-order valence-corrected chi connectivity index (χ1v) is 7.73. The van der Waals surface area contributed by atoms with Gasteiger partial charge < -0.3 is 9.88 Å². The summed E-state index contributed by atoms with van der Waals surface area (Å²) in [5.74, 6) is 1.12. The molecule has 1 aliphatic rings. The monoisotopic (exact) mass is 272 g/mol. The van der Waals surface area contributed by atoms with E-state index in [1.54, 1.807) is 0 Å². The maximum atomic E-state index is 4.79. The Bertz CT molecular complexity index is 521. The van der Waals surface area contributed by atoms with Gasteiger partial charge in [0.05, 0.1) is 17.1 Å². The molecular formula is C16H24N4. The summed E-state index contributed by atoms with van der Waals surface area (Å²) in [6, 6.07) is 8.71. The van der Waals surface area contributed by atoms with Crippen molar-refractivity contribution in [1.29, 1.82) is 0 Å². The Morgan fingerprint density at radius 2 is 1.90 bits per heavy atom. The highest BCUT2D eigenvalue weighted by molar-refractivity contribution is 5.74. The molecule has 4 nitrogen and oxygen atoms in total. The van der Waals surface area contributed by atoms with Crippen molar-refractivity contribution in [2.24, 2.45) is 0 Å². The number of aromatic amines is 1. The Hall–Kier alpha value is -1.39. The van der Waals surface area contributed by atoms with Gasteiger partial charge in [-0.05, 0) is 25.1 Å². The van der Waals surface area contributed by atoms with Crippen LogP contribution in [0, 0.1) is 0 Å². The van der Waals surface area contributed by atoms with Crippen molar-refractivity contribution < 1.29 is 0 Å². The van der Waals surface area contributed by atoms with Gasteiger partial charge in [0, 0.05) is 26.2 Å². The van der Waals surface area contributed by atoms with Crippen LogP contribution in [-0.2, 0) is 0 Å². The normalized spacial score (nSPS) is 19.5. The standard InChI is InChI=1S/C16H24N4/c1-3-15(20-11-9-19(4-2)10-12-20)16-17-13-7-5-6-8-14(13)18-16/h5-8,15H,3-4,9-12H2,1-2H3,(H,17,18). The number of rotatable bonds is 4. The fraction of sp³-hybridized carbons (Fsp3) is 0.562. The minimum atomic E-state index is 0.418. The number of nitrogens with one attached hydrogen (secondary N) is 1. The SMILES string of the molecule is CCC(c1nc2ccccc2[nH]1)N1CCN(CC)CC1. The van der Waals surface area contributed by atoms with Gasteiger partial charge in [0.15, 0.2) is 0 Å². The number of H-pyrrole nitrogens is 1. The van der Waals surface area contributed by atoms with Crippen LogP contribution < -0.4 is 0 Å². The maximum Gasteiger partial charge on any atom is 0.124 e. The first kappa shape index (κ1) is 13.6. The first-order valence-electron chi connectivity index (χ1n) is 7.73. The molecule has 0 saturated carbocycles. The summed E-state index contributed by atoms with van der Waals surface area (Å²) >= 11 is 0. The van der Waals surface area contributed by atoms with E-state index in [2.05, 4.69) is 46.8 Å². The van der Waals surface area contributed by atoms with Crippen LogP contribution in [0.25, 0.3) is 11.0 Å². The zero-order valence-corrected chi connectivity index (χ0v) is 12.5. The van der Waals surface area contributed by atoms with E-state index in [4.69, 9.17) is 4.98 Å². The Labute approximate surface area is 120 Å². The minimum absolute atomic E-state index is 0.418. The quantitative estimate of drug-likeness (QED) is 0.929. The molecule has 0 bridgehead atoms. The Kier molecular flexibility index (Phi) is 4.03. The molecule has 1 fully saturated rings. The van der Waals surface area contributed by atoms with Crippen LogP contribution in [-0.4, -0.2) is 52.5 Å². The van der Waals surface area contributed by atoms with E-state index < -0.39 is 0 Å². The minimum Gasteiger partial charge on any atom is -0.341 e. The molecule has 1 atom stereocenters. The van der Waals surface area contributed by atoms with Crippen molar-refractivity contribution in [1.82, 2.24) is 19.8 Å². The average molecular weight is 272 g/mol. The molecule has 1 N–H and O–H groups in total. The molecule has 20 heavy (non-hydrogen) atoms. The number of piperazine rings is 1. The molecule has 0 radical (unpaired) electrons. The van der Waals surface area contributed by atoms with Gasteiger partial charge in [0.25, 0.3) is 0 Å².